The zero-order valence-electron chi connectivity index (χ0n) is 12.9. The summed E-state index contributed by atoms with van der Waals surface area (Å²) < 4.78 is 18.4. The number of benzene rings is 2. The number of halogens is 1. The average Bonchev–Trinajstić information content (AvgIpc) is 2.58. The van der Waals surface area contributed by atoms with E-state index in [4.69, 9.17) is 10.5 Å². The molecular weight excluding hydrogens is 297 g/mol. The van der Waals surface area contributed by atoms with E-state index in [2.05, 4.69) is 10.3 Å². The second-order valence-electron chi connectivity index (χ2n) is 4.97. The SMILES string of the molecule is COc1ccccc1CN=C(N)NCC(O)c1cccc(F)c1. The van der Waals surface area contributed by atoms with Gasteiger partial charge in [-0.05, 0) is 23.8 Å². The molecule has 5 nitrogen and oxygen atoms in total. The van der Waals surface area contributed by atoms with E-state index >= 15 is 0 Å². The normalized spacial score (nSPS) is 12.7. The highest BCUT2D eigenvalue weighted by Crippen LogP contribution is 2.18. The number of nitrogens with two attached hydrogens (primary N) is 1. The van der Waals surface area contributed by atoms with Crippen LogP contribution in [-0.4, -0.2) is 24.7 Å². The molecule has 0 aliphatic heterocycles. The molecule has 0 spiro atoms. The Morgan fingerprint density at radius 3 is 2.83 bits per heavy atom. The van der Waals surface area contributed by atoms with Crippen molar-refractivity contribution < 1.29 is 14.2 Å². The van der Waals surface area contributed by atoms with E-state index in [9.17, 15) is 9.50 Å². The van der Waals surface area contributed by atoms with Gasteiger partial charge in [0.15, 0.2) is 5.96 Å². The fourth-order valence-electron chi connectivity index (χ4n) is 2.09. The van der Waals surface area contributed by atoms with Gasteiger partial charge >= 0.3 is 0 Å². The van der Waals surface area contributed by atoms with Crippen LogP contribution < -0.4 is 15.8 Å². The summed E-state index contributed by atoms with van der Waals surface area (Å²) >= 11 is 0. The molecule has 0 bridgehead atoms. The minimum Gasteiger partial charge on any atom is -0.496 e. The van der Waals surface area contributed by atoms with Gasteiger partial charge in [0.05, 0.1) is 19.8 Å². The van der Waals surface area contributed by atoms with Crippen LogP contribution in [0.25, 0.3) is 0 Å². The van der Waals surface area contributed by atoms with E-state index in [-0.39, 0.29) is 18.3 Å². The molecule has 2 aromatic rings. The average molecular weight is 317 g/mol. The van der Waals surface area contributed by atoms with Gasteiger partial charge in [0.25, 0.3) is 0 Å². The van der Waals surface area contributed by atoms with Crippen LogP contribution >= 0.6 is 0 Å². The van der Waals surface area contributed by atoms with E-state index in [0.717, 1.165) is 11.3 Å². The highest BCUT2D eigenvalue weighted by atomic mass is 19.1. The lowest BCUT2D eigenvalue weighted by molar-refractivity contribution is 0.180. The van der Waals surface area contributed by atoms with E-state index in [0.29, 0.717) is 12.1 Å². The van der Waals surface area contributed by atoms with E-state index in [1.807, 2.05) is 24.3 Å². The van der Waals surface area contributed by atoms with Crippen molar-refractivity contribution in [1.82, 2.24) is 5.32 Å². The van der Waals surface area contributed by atoms with Crippen molar-refractivity contribution in [2.75, 3.05) is 13.7 Å². The second-order valence-corrected chi connectivity index (χ2v) is 4.97. The zero-order valence-corrected chi connectivity index (χ0v) is 12.9. The first-order valence-electron chi connectivity index (χ1n) is 7.19. The summed E-state index contributed by atoms with van der Waals surface area (Å²) in [4.78, 5) is 4.20. The number of aliphatic hydroxyl groups is 1. The van der Waals surface area contributed by atoms with Crippen molar-refractivity contribution in [2.24, 2.45) is 10.7 Å². The van der Waals surface area contributed by atoms with Gasteiger partial charge in [-0.1, -0.05) is 30.3 Å². The van der Waals surface area contributed by atoms with Gasteiger partial charge in [0.2, 0.25) is 0 Å². The first kappa shape index (κ1) is 16.8. The van der Waals surface area contributed by atoms with E-state index < -0.39 is 6.10 Å². The number of ether oxygens (including phenoxy) is 1. The summed E-state index contributed by atoms with van der Waals surface area (Å²) in [6.45, 7) is 0.504. The highest BCUT2D eigenvalue weighted by Gasteiger charge is 2.08. The van der Waals surface area contributed by atoms with Crippen LogP contribution in [0.1, 0.15) is 17.2 Å². The molecule has 23 heavy (non-hydrogen) atoms. The molecule has 2 aromatic carbocycles. The quantitative estimate of drug-likeness (QED) is 0.562. The van der Waals surface area contributed by atoms with Crippen molar-refractivity contribution in [3.63, 3.8) is 0 Å². The lowest BCUT2D eigenvalue weighted by Crippen LogP contribution is -2.34. The third kappa shape index (κ3) is 4.96. The number of aliphatic imine (C=N–C) groups is 1. The van der Waals surface area contributed by atoms with Crippen LogP contribution in [0.3, 0.4) is 0 Å². The lowest BCUT2D eigenvalue weighted by atomic mass is 10.1. The number of nitrogens with one attached hydrogen (secondary N) is 1. The molecule has 0 aliphatic carbocycles. The van der Waals surface area contributed by atoms with Gasteiger partial charge in [-0.15, -0.1) is 0 Å². The first-order chi connectivity index (χ1) is 11.1. The molecular formula is C17H20FN3O2. The summed E-state index contributed by atoms with van der Waals surface area (Å²) in [6, 6.07) is 13.3. The largest absolute Gasteiger partial charge is 0.496 e. The number of nitrogens with zero attached hydrogens (tertiary/aromatic N) is 1. The smallest absolute Gasteiger partial charge is 0.189 e. The molecule has 122 valence electrons. The number of hydrogen-bond acceptors (Lipinski definition) is 3. The molecule has 0 heterocycles. The van der Waals surface area contributed by atoms with Gasteiger partial charge in [0.1, 0.15) is 11.6 Å². The van der Waals surface area contributed by atoms with E-state index in [1.165, 1.54) is 12.1 Å². The van der Waals surface area contributed by atoms with Crippen molar-refractivity contribution >= 4 is 5.96 Å². The number of rotatable bonds is 6. The molecule has 6 heteroatoms. The standard InChI is InChI=1S/C17H20FN3O2/c1-23-16-8-3-2-5-13(16)10-20-17(19)21-11-15(22)12-6-4-7-14(18)9-12/h2-9,15,22H,10-11H2,1H3,(H3,19,20,21). The predicted octanol–water partition coefficient (Wildman–Crippen LogP) is 1.97. The molecule has 0 radical (unpaired) electrons. The van der Waals surface area contributed by atoms with Crippen LogP contribution in [0.15, 0.2) is 53.5 Å². The second kappa shape index (κ2) is 8.14. The molecule has 2 rings (SSSR count). The number of hydrogen-bond donors (Lipinski definition) is 3. The Bertz CT molecular complexity index is 676. The fourth-order valence-corrected chi connectivity index (χ4v) is 2.09. The van der Waals surface area contributed by atoms with Gasteiger partial charge in [-0.2, -0.15) is 0 Å². The Hall–Kier alpha value is -2.60. The molecule has 1 unspecified atom stereocenters. The molecule has 0 aliphatic rings. The Morgan fingerprint density at radius 2 is 2.09 bits per heavy atom. The Balaban J connectivity index is 1.90. The predicted molar refractivity (Wildman–Crippen MR) is 87.7 cm³/mol. The lowest BCUT2D eigenvalue weighted by Gasteiger charge is -2.13. The number of methoxy groups -OCH3 is 1. The van der Waals surface area contributed by atoms with Crippen molar-refractivity contribution in [3.8, 4) is 5.75 Å². The maximum Gasteiger partial charge on any atom is 0.189 e. The molecule has 0 saturated heterocycles. The van der Waals surface area contributed by atoms with Gasteiger partial charge in [-0.3, -0.25) is 0 Å². The van der Waals surface area contributed by atoms with Gasteiger partial charge < -0.3 is 20.9 Å². The zero-order chi connectivity index (χ0) is 16.7. The summed E-state index contributed by atoms with van der Waals surface area (Å²) in [5, 5.41) is 12.8. The minimum atomic E-state index is -0.870. The molecule has 0 amide bonds. The van der Waals surface area contributed by atoms with Gasteiger partial charge in [-0.25, -0.2) is 9.38 Å². The van der Waals surface area contributed by atoms with Crippen molar-refractivity contribution in [1.29, 1.82) is 0 Å². The van der Waals surface area contributed by atoms with Crippen LogP contribution in [-0.2, 0) is 6.54 Å². The van der Waals surface area contributed by atoms with Crippen LogP contribution in [0.2, 0.25) is 0 Å². The Labute approximate surface area is 134 Å². The monoisotopic (exact) mass is 317 g/mol. The summed E-state index contributed by atoms with van der Waals surface area (Å²) in [7, 11) is 1.60. The summed E-state index contributed by atoms with van der Waals surface area (Å²) in [5.41, 5.74) is 7.17. The maximum atomic E-state index is 13.1. The molecule has 0 fully saturated rings. The van der Waals surface area contributed by atoms with Crippen LogP contribution in [0, 0.1) is 5.82 Å². The molecule has 0 aromatic heterocycles. The number of aliphatic hydroxyl groups excluding tert-OH is 1. The first-order valence-corrected chi connectivity index (χ1v) is 7.19. The van der Waals surface area contributed by atoms with Crippen LogP contribution in [0.4, 0.5) is 4.39 Å². The topological polar surface area (TPSA) is 79.9 Å². The van der Waals surface area contributed by atoms with Crippen molar-refractivity contribution in [3.05, 3.63) is 65.5 Å². The third-order valence-electron chi connectivity index (χ3n) is 3.32. The van der Waals surface area contributed by atoms with Crippen molar-refractivity contribution in [2.45, 2.75) is 12.6 Å². The molecule has 1 atom stereocenters. The summed E-state index contributed by atoms with van der Waals surface area (Å²) in [6.07, 6.45) is -0.870. The number of para-hydroxylation sites is 1. The van der Waals surface area contributed by atoms with E-state index in [1.54, 1.807) is 19.2 Å². The Kier molecular flexibility index (Phi) is 5.94. The maximum absolute atomic E-state index is 13.1. The molecule has 0 saturated carbocycles. The Morgan fingerprint density at radius 1 is 1.30 bits per heavy atom. The third-order valence-corrected chi connectivity index (χ3v) is 3.32. The molecule has 4 N–H and O–H groups in total. The highest BCUT2D eigenvalue weighted by molar-refractivity contribution is 5.77. The fraction of sp³-hybridized carbons (Fsp3) is 0.235. The van der Waals surface area contributed by atoms with Crippen LogP contribution in [0.5, 0.6) is 5.75 Å². The number of guanidine groups is 1. The van der Waals surface area contributed by atoms with Gasteiger partial charge in [0, 0.05) is 12.1 Å². The summed E-state index contributed by atoms with van der Waals surface area (Å²) in [5.74, 6) is 0.551. The minimum absolute atomic E-state index is 0.144.